The number of amides is 1. The zero-order chi connectivity index (χ0) is 12.4. The first kappa shape index (κ1) is 14.9. The maximum absolute atomic E-state index is 11.2. The first-order valence-corrected chi connectivity index (χ1v) is 5.65. The van der Waals surface area contributed by atoms with Gasteiger partial charge in [0, 0.05) is 13.0 Å². The molecule has 0 radical (unpaired) electrons. The molecule has 0 aliphatic rings. The van der Waals surface area contributed by atoms with E-state index >= 15 is 0 Å². The minimum Gasteiger partial charge on any atom is -0.481 e. The van der Waals surface area contributed by atoms with Crippen molar-refractivity contribution in [3.05, 3.63) is 0 Å². The highest BCUT2D eigenvalue weighted by molar-refractivity contribution is 5.76. The standard InChI is InChI=1S/C11H22N2O3/c1-13(2)9-5-3-4-6-10(14)12-8-7-11(15)16/h3-9H2,1-2H3,(H,12,14)(H,15,16). The molecule has 5 heteroatoms. The molecule has 16 heavy (non-hydrogen) atoms. The molecule has 0 atom stereocenters. The molecule has 0 aromatic heterocycles. The highest BCUT2D eigenvalue weighted by Crippen LogP contribution is 2.00. The van der Waals surface area contributed by atoms with E-state index in [9.17, 15) is 9.59 Å². The SMILES string of the molecule is CN(C)CCCCCC(=O)NCCC(=O)O. The van der Waals surface area contributed by atoms with Crippen molar-refractivity contribution in [3.63, 3.8) is 0 Å². The Labute approximate surface area is 96.8 Å². The summed E-state index contributed by atoms with van der Waals surface area (Å²) < 4.78 is 0. The van der Waals surface area contributed by atoms with Crippen molar-refractivity contribution < 1.29 is 14.7 Å². The zero-order valence-corrected chi connectivity index (χ0v) is 10.2. The summed E-state index contributed by atoms with van der Waals surface area (Å²) in [5.74, 6) is -0.933. The van der Waals surface area contributed by atoms with Crippen molar-refractivity contribution in [2.45, 2.75) is 32.1 Å². The second kappa shape index (κ2) is 9.15. The molecule has 0 saturated carbocycles. The van der Waals surface area contributed by atoms with Crippen molar-refractivity contribution >= 4 is 11.9 Å². The highest BCUT2D eigenvalue weighted by Gasteiger charge is 2.02. The van der Waals surface area contributed by atoms with E-state index in [4.69, 9.17) is 5.11 Å². The van der Waals surface area contributed by atoms with Crippen molar-refractivity contribution in [2.24, 2.45) is 0 Å². The third kappa shape index (κ3) is 11.0. The molecular formula is C11H22N2O3. The molecular weight excluding hydrogens is 208 g/mol. The Hall–Kier alpha value is -1.10. The highest BCUT2D eigenvalue weighted by atomic mass is 16.4. The van der Waals surface area contributed by atoms with Gasteiger partial charge >= 0.3 is 5.97 Å². The smallest absolute Gasteiger partial charge is 0.305 e. The molecule has 0 aromatic carbocycles. The second-order valence-electron chi connectivity index (χ2n) is 4.11. The normalized spacial score (nSPS) is 10.4. The minimum absolute atomic E-state index is 0.00757. The van der Waals surface area contributed by atoms with Gasteiger partial charge in [-0.2, -0.15) is 0 Å². The molecule has 94 valence electrons. The topological polar surface area (TPSA) is 69.6 Å². The molecule has 0 spiro atoms. The Kier molecular flexibility index (Phi) is 8.52. The van der Waals surface area contributed by atoms with Gasteiger partial charge in [0.2, 0.25) is 5.91 Å². The number of rotatable bonds is 9. The van der Waals surface area contributed by atoms with Gasteiger partial charge in [-0.25, -0.2) is 0 Å². The van der Waals surface area contributed by atoms with E-state index in [0.717, 1.165) is 25.8 Å². The molecule has 5 nitrogen and oxygen atoms in total. The van der Waals surface area contributed by atoms with Gasteiger partial charge in [0.05, 0.1) is 6.42 Å². The maximum atomic E-state index is 11.2. The minimum atomic E-state index is -0.883. The van der Waals surface area contributed by atoms with E-state index in [1.165, 1.54) is 0 Å². The summed E-state index contributed by atoms with van der Waals surface area (Å²) in [5, 5.41) is 11.0. The number of carbonyl (C=O) groups excluding carboxylic acids is 1. The van der Waals surface area contributed by atoms with Crippen LogP contribution in [0.15, 0.2) is 0 Å². The van der Waals surface area contributed by atoms with Crippen LogP contribution in [0.1, 0.15) is 32.1 Å². The third-order valence-corrected chi connectivity index (χ3v) is 2.17. The molecule has 0 aromatic rings. The van der Waals surface area contributed by atoms with E-state index < -0.39 is 5.97 Å². The Bertz CT molecular complexity index is 217. The van der Waals surface area contributed by atoms with Gasteiger partial charge in [0.1, 0.15) is 0 Å². The fourth-order valence-corrected chi connectivity index (χ4v) is 1.29. The van der Waals surface area contributed by atoms with Crippen LogP contribution in [0, 0.1) is 0 Å². The summed E-state index contributed by atoms with van der Waals surface area (Å²) in [5.41, 5.74) is 0. The van der Waals surface area contributed by atoms with Gasteiger partial charge in [0.15, 0.2) is 0 Å². The number of hydrogen-bond donors (Lipinski definition) is 2. The lowest BCUT2D eigenvalue weighted by atomic mass is 10.2. The molecule has 0 heterocycles. The molecule has 0 fully saturated rings. The lowest BCUT2D eigenvalue weighted by Crippen LogP contribution is -2.25. The first-order valence-electron chi connectivity index (χ1n) is 5.65. The predicted octanol–water partition coefficient (Wildman–Crippen LogP) is 0.699. The average molecular weight is 230 g/mol. The fourth-order valence-electron chi connectivity index (χ4n) is 1.29. The summed E-state index contributed by atoms with van der Waals surface area (Å²) in [7, 11) is 4.05. The number of carbonyl (C=O) groups is 2. The molecule has 1 amide bonds. The Morgan fingerprint density at radius 3 is 2.38 bits per heavy atom. The molecule has 0 rings (SSSR count). The van der Waals surface area contributed by atoms with Crippen molar-refractivity contribution in [2.75, 3.05) is 27.2 Å². The third-order valence-electron chi connectivity index (χ3n) is 2.17. The van der Waals surface area contributed by atoms with Crippen LogP contribution in [-0.2, 0) is 9.59 Å². The number of nitrogens with one attached hydrogen (secondary N) is 1. The lowest BCUT2D eigenvalue weighted by Gasteiger charge is -2.08. The van der Waals surface area contributed by atoms with Crippen molar-refractivity contribution in [3.8, 4) is 0 Å². The quantitative estimate of drug-likeness (QED) is 0.572. The number of hydrogen-bond acceptors (Lipinski definition) is 3. The van der Waals surface area contributed by atoms with Crippen LogP contribution in [-0.4, -0.2) is 49.1 Å². The molecule has 0 aliphatic carbocycles. The summed E-state index contributed by atoms with van der Waals surface area (Å²) in [6.45, 7) is 1.27. The molecule has 0 bridgehead atoms. The first-order chi connectivity index (χ1) is 7.52. The van der Waals surface area contributed by atoms with Crippen LogP contribution in [0.4, 0.5) is 0 Å². The zero-order valence-electron chi connectivity index (χ0n) is 10.2. The van der Waals surface area contributed by atoms with E-state index in [0.29, 0.717) is 6.42 Å². The van der Waals surface area contributed by atoms with Crippen LogP contribution in [0.3, 0.4) is 0 Å². The van der Waals surface area contributed by atoms with Crippen LogP contribution in [0.5, 0.6) is 0 Å². The van der Waals surface area contributed by atoms with Gasteiger partial charge in [0.25, 0.3) is 0 Å². The summed E-state index contributed by atoms with van der Waals surface area (Å²) in [4.78, 5) is 23.5. The molecule has 2 N–H and O–H groups in total. The van der Waals surface area contributed by atoms with E-state index in [1.807, 2.05) is 14.1 Å². The van der Waals surface area contributed by atoms with Crippen LogP contribution >= 0.6 is 0 Å². The average Bonchev–Trinajstić information content (AvgIpc) is 2.16. The van der Waals surface area contributed by atoms with Crippen LogP contribution in [0.25, 0.3) is 0 Å². The predicted molar refractivity (Wildman–Crippen MR) is 62.3 cm³/mol. The number of nitrogens with zero attached hydrogens (tertiary/aromatic N) is 1. The van der Waals surface area contributed by atoms with E-state index in [1.54, 1.807) is 0 Å². The van der Waals surface area contributed by atoms with Gasteiger partial charge in [-0.15, -0.1) is 0 Å². The van der Waals surface area contributed by atoms with E-state index in [-0.39, 0.29) is 18.9 Å². The van der Waals surface area contributed by atoms with Crippen LogP contribution in [0.2, 0.25) is 0 Å². The van der Waals surface area contributed by atoms with Gasteiger partial charge in [-0.1, -0.05) is 6.42 Å². The van der Waals surface area contributed by atoms with Crippen molar-refractivity contribution in [1.29, 1.82) is 0 Å². The molecule has 0 saturated heterocycles. The number of aliphatic carboxylic acids is 1. The largest absolute Gasteiger partial charge is 0.481 e. The number of carboxylic acid groups (broad SMARTS) is 1. The van der Waals surface area contributed by atoms with Crippen molar-refractivity contribution in [1.82, 2.24) is 10.2 Å². The number of unbranched alkanes of at least 4 members (excludes halogenated alkanes) is 2. The van der Waals surface area contributed by atoms with Crippen LogP contribution < -0.4 is 5.32 Å². The monoisotopic (exact) mass is 230 g/mol. The summed E-state index contributed by atoms with van der Waals surface area (Å²) in [6.07, 6.45) is 3.48. The Morgan fingerprint density at radius 2 is 1.81 bits per heavy atom. The second-order valence-corrected chi connectivity index (χ2v) is 4.11. The Morgan fingerprint density at radius 1 is 1.12 bits per heavy atom. The number of carboxylic acids is 1. The molecule has 0 unspecified atom stereocenters. The summed E-state index contributed by atoms with van der Waals surface area (Å²) >= 11 is 0. The van der Waals surface area contributed by atoms with Gasteiger partial charge in [-0.05, 0) is 33.5 Å². The van der Waals surface area contributed by atoms with Gasteiger partial charge in [-0.3, -0.25) is 9.59 Å². The Balaban J connectivity index is 3.27. The maximum Gasteiger partial charge on any atom is 0.305 e. The lowest BCUT2D eigenvalue weighted by molar-refractivity contribution is -0.136. The van der Waals surface area contributed by atoms with Gasteiger partial charge < -0.3 is 15.3 Å². The summed E-state index contributed by atoms with van der Waals surface area (Å²) in [6, 6.07) is 0. The van der Waals surface area contributed by atoms with E-state index in [2.05, 4.69) is 10.2 Å². The fraction of sp³-hybridized carbons (Fsp3) is 0.818. The molecule has 0 aliphatic heterocycles.